The topological polar surface area (TPSA) is 58.6 Å². The first-order valence-corrected chi connectivity index (χ1v) is 6.41. The summed E-state index contributed by atoms with van der Waals surface area (Å²) in [5, 5.41) is 12.3. The molecular weight excluding hydrogens is 242 g/mol. The molecule has 4 nitrogen and oxygen atoms in total. The molecule has 0 saturated heterocycles. The van der Waals surface area contributed by atoms with Gasteiger partial charge in [-0.2, -0.15) is 0 Å². The van der Waals surface area contributed by atoms with Crippen LogP contribution in [-0.4, -0.2) is 29.3 Å². The Morgan fingerprint density at radius 3 is 2.32 bits per heavy atom. The second-order valence-electron chi connectivity index (χ2n) is 5.56. The van der Waals surface area contributed by atoms with Crippen LogP contribution in [0.25, 0.3) is 0 Å². The number of nitrogens with one attached hydrogen (secondary N) is 1. The van der Waals surface area contributed by atoms with Crippen LogP contribution in [0.3, 0.4) is 0 Å². The number of carbonyl (C=O) groups is 1. The van der Waals surface area contributed by atoms with E-state index in [4.69, 9.17) is 4.74 Å². The van der Waals surface area contributed by atoms with E-state index < -0.39 is 11.6 Å². The van der Waals surface area contributed by atoms with Crippen molar-refractivity contribution in [3.8, 4) is 5.75 Å². The van der Waals surface area contributed by atoms with Crippen molar-refractivity contribution < 1.29 is 14.6 Å². The summed E-state index contributed by atoms with van der Waals surface area (Å²) in [5.74, 6) is 0.438. The van der Waals surface area contributed by atoms with Crippen molar-refractivity contribution in [1.82, 2.24) is 5.32 Å². The van der Waals surface area contributed by atoms with E-state index in [1.54, 1.807) is 20.8 Å². The lowest BCUT2D eigenvalue weighted by Crippen LogP contribution is -2.52. The SMILES string of the molecule is Cc1cc(C)cc(OCC(=O)NC(C)(C)C(C)O)c1. The minimum atomic E-state index is -0.664. The fourth-order valence-electron chi connectivity index (χ4n) is 1.66. The van der Waals surface area contributed by atoms with Crippen molar-refractivity contribution in [1.29, 1.82) is 0 Å². The molecule has 0 aliphatic rings. The van der Waals surface area contributed by atoms with Crippen LogP contribution in [0, 0.1) is 13.8 Å². The molecule has 1 rings (SSSR count). The maximum absolute atomic E-state index is 11.8. The summed E-state index contributed by atoms with van der Waals surface area (Å²) >= 11 is 0. The number of amides is 1. The molecule has 19 heavy (non-hydrogen) atoms. The summed E-state index contributed by atoms with van der Waals surface area (Å²) in [6.07, 6.45) is -0.627. The van der Waals surface area contributed by atoms with E-state index in [9.17, 15) is 9.90 Å². The summed E-state index contributed by atoms with van der Waals surface area (Å²) in [5.41, 5.74) is 1.53. The predicted octanol–water partition coefficient (Wildman–Crippen LogP) is 1.96. The van der Waals surface area contributed by atoms with Gasteiger partial charge >= 0.3 is 0 Å². The Kier molecular flexibility index (Phi) is 4.95. The predicted molar refractivity (Wildman–Crippen MR) is 75.3 cm³/mol. The van der Waals surface area contributed by atoms with Gasteiger partial charge in [0.2, 0.25) is 0 Å². The number of aryl methyl sites for hydroxylation is 2. The van der Waals surface area contributed by atoms with Crippen LogP contribution >= 0.6 is 0 Å². The molecule has 0 aliphatic carbocycles. The molecule has 0 heterocycles. The lowest BCUT2D eigenvalue weighted by atomic mass is 9.99. The molecule has 1 atom stereocenters. The number of carbonyl (C=O) groups excluding carboxylic acids is 1. The second-order valence-corrected chi connectivity index (χ2v) is 5.56. The number of aliphatic hydroxyl groups excluding tert-OH is 1. The minimum absolute atomic E-state index is 0.0565. The zero-order chi connectivity index (χ0) is 14.6. The van der Waals surface area contributed by atoms with Crippen molar-refractivity contribution in [2.24, 2.45) is 0 Å². The van der Waals surface area contributed by atoms with E-state index in [-0.39, 0.29) is 12.5 Å². The Morgan fingerprint density at radius 1 is 1.32 bits per heavy atom. The largest absolute Gasteiger partial charge is 0.484 e. The van der Waals surface area contributed by atoms with E-state index >= 15 is 0 Å². The van der Waals surface area contributed by atoms with E-state index in [0.717, 1.165) is 11.1 Å². The molecule has 0 radical (unpaired) electrons. The van der Waals surface area contributed by atoms with Gasteiger partial charge in [-0.05, 0) is 57.9 Å². The van der Waals surface area contributed by atoms with E-state index in [0.29, 0.717) is 5.75 Å². The number of hydrogen-bond donors (Lipinski definition) is 2. The molecule has 1 aromatic rings. The van der Waals surface area contributed by atoms with Crippen molar-refractivity contribution in [2.45, 2.75) is 46.3 Å². The molecule has 1 aromatic carbocycles. The number of benzene rings is 1. The Hall–Kier alpha value is -1.55. The zero-order valence-electron chi connectivity index (χ0n) is 12.3. The summed E-state index contributed by atoms with van der Waals surface area (Å²) < 4.78 is 5.46. The zero-order valence-corrected chi connectivity index (χ0v) is 12.3. The quantitative estimate of drug-likeness (QED) is 0.855. The second kappa shape index (κ2) is 6.06. The van der Waals surface area contributed by atoms with Gasteiger partial charge in [0.1, 0.15) is 5.75 Å². The Labute approximate surface area is 114 Å². The smallest absolute Gasteiger partial charge is 0.258 e. The molecule has 0 bridgehead atoms. The molecule has 1 unspecified atom stereocenters. The van der Waals surface area contributed by atoms with Gasteiger partial charge in [-0.1, -0.05) is 6.07 Å². The molecule has 0 spiro atoms. The number of aliphatic hydroxyl groups is 1. The molecule has 0 aliphatic heterocycles. The summed E-state index contributed by atoms with van der Waals surface area (Å²) in [6.45, 7) is 9.09. The van der Waals surface area contributed by atoms with Crippen LogP contribution in [0.2, 0.25) is 0 Å². The van der Waals surface area contributed by atoms with Crippen LogP contribution in [0.1, 0.15) is 31.9 Å². The Balaban J connectivity index is 2.55. The fraction of sp³-hybridized carbons (Fsp3) is 0.533. The van der Waals surface area contributed by atoms with Gasteiger partial charge in [0.25, 0.3) is 5.91 Å². The molecule has 4 heteroatoms. The van der Waals surface area contributed by atoms with Crippen LogP contribution in [0.5, 0.6) is 5.75 Å². The van der Waals surface area contributed by atoms with Gasteiger partial charge < -0.3 is 15.2 Å². The molecule has 0 saturated carbocycles. The average molecular weight is 265 g/mol. The van der Waals surface area contributed by atoms with Crippen molar-refractivity contribution in [3.63, 3.8) is 0 Å². The number of rotatable bonds is 5. The van der Waals surface area contributed by atoms with Crippen molar-refractivity contribution >= 4 is 5.91 Å². The van der Waals surface area contributed by atoms with Crippen LogP contribution in [-0.2, 0) is 4.79 Å². The summed E-state index contributed by atoms with van der Waals surface area (Å²) in [6, 6.07) is 5.82. The fourth-order valence-corrected chi connectivity index (χ4v) is 1.66. The normalized spacial score (nSPS) is 12.9. The van der Waals surface area contributed by atoms with Crippen LogP contribution < -0.4 is 10.1 Å². The Morgan fingerprint density at radius 2 is 1.84 bits per heavy atom. The molecule has 2 N–H and O–H groups in total. The average Bonchev–Trinajstić information content (AvgIpc) is 2.24. The van der Waals surface area contributed by atoms with Crippen LogP contribution in [0.15, 0.2) is 18.2 Å². The van der Waals surface area contributed by atoms with Gasteiger partial charge in [-0.15, -0.1) is 0 Å². The van der Waals surface area contributed by atoms with Gasteiger partial charge in [-0.25, -0.2) is 0 Å². The third kappa shape index (κ3) is 4.91. The van der Waals surface area contributed by atoms with Crippen molar-refractivity contribution in [2.75, 3.05) is 6.61 Å². The number of hydrogen-bond acceptors (Lipinski definition) is 3. The first kappa shape index (κ1) is 15.5. The van der Waals surface area contributed by atoms with E-state index in [1.165, 1.54) is 0 Å². The summed E-state index contributed by atoms with van der Waals surface area (Å²) in [4.78, 5) is 11.8. The highest BCUT2D eigenvalue weighted by Gasteiger charge is 2.25. The monoisotopic (exact) mass is 265 g/mol. The van der Waals surface area contributed by atoms with Gasteiger partial charge in [0.05, 0.1) is 11.6 Å². The highest BCUT2D eigenvalue weighted by molar-refractivity contribution is 5.78. The molecule has 0 fully saturated rings. The lowest BCUT2D eigenvalue weighted by Gasteiger charge is -2.29. The summed E-state index contributed by atoms with van der Waals surface area (Å²) in [7, 11) is 0. The first-order valence-electron chi connectivity index (χ1n) is 6.41. The van der Waals surface area contributed by atoms with Gasteiger partial charge in [0, 0.05) is 0 Å². The maximum Gasteiger partial charge on any atom is 0.258 e. The van der Waals surface area contributed by atoms with Crippen LogP contribution in [0.4, 0.5) is 0 Å². The molecule has 106 valence electrons. The molecule has 0 aromatic heterocycles. The third-order valence-corrected chi connectivity index (χ3v) is 3.07. The standard InChI is InChI=1S/C15H23NO3/c1-10-6-11(2)8-13(7-10)19-9-14(18)16-15(4,5)12(3)17/h6-8,12,17H,9H2,1-5H3,(H,16,18). The highest BCUT2D eigenvalue weighted by Crippen LogP contribution is 2.16. The highest BCUT2D eigenvalue weighted by atomic mass is 16.5. The maximum atomic E-state index is 11.8. The van der Waals surface area contributed by atoms with E-state index in [1.807, 2.05) is 32.0 Å². The van der Waals surface area contributed by atoms with Gasteiger partial charge in [0.15, 0.2) is 6.61 Å². The molecular formula is C15H23NO3. The van der Waals surface area contributed by atoms with Crippen molar-refractivity contribution in [3.05, 3.63) is 29.3 Å². The lowest BCUT2D eigenvalue weighted by molar-refractivity contribution is -0.126. The number of ether oxygens (including phenoxy) is 1. The van der Waals surface area contributed by atoms with Gasteiger partial charge in [-0.3, -0.25) is 4.79 Å². The minimum Gasteiger partial charge on any atom is -0.484 e. The van der Waals surface area contributed by atoms with E-state index in [2.05, 4.69) is 5.32 Å². The molecule has 1 amide bonds. The first-order chi connectivity index (χ1) is 8.70. The third-order valence-electron chi connectivity index (χ3n) is 3.07. The Bertz CT molecular complexity index is 432.